The molecule has 4 nitrogen and oxygen atoms in total. The van der Waals surface area contributed by atoms with Crippen molar-refractivity contribution in [2.45, 2.75) is 39.2 Å². The van der Waals surface area contributed by atoms with Crippen LogP contribution >= 0.6 is 0 Å². The first-order valence-electron chi connectivity index (χ1n) is 6.86. The highest BCUT2D eigenvalue weighted by Gasteiger charge is 2.24. The molecule has 0 bridgehead atoms. The van der Waals surface area contributed by atoms with Crippen molar-refractivity contribution in [2.75, 3.05) is 11.1 Å². The Kier molecular flexibility index (Phi) is 3.98. The lowest BCUT2D eigenvalue weighted by atomic mass is 9.79. The molecular formula is C15H22N2O2. The molecule has 1 saturated carbocycles. The summed E-state index contributed by atoms with van der Waals surface area (Å²) >= 11 is 0. The standard InChI is InChI=1S/C15H22N2O2/c1-9-3-5-12(7-10(9)2)17-14-6-4-11(15(18)19)8-13(14)16/h4,6,8-10,12,17H,3,5,7,16H2,1-2H3,(H,18,19). The van der Waals surface area contributed by atoms with Crippen molar-refractivity contribution in [3.63, 3.8) is 0 Å². The van der Waals surface area contributed by atoms with Crippen molar-refractivity contribution < 1.29 is 9.90 Å². The summed E-state index contributed by atoms with van der Waals surface area (Å²) in [6.45, 7) is 4.59. The summed E-state index contributed by atoms with van der Waals surface area (Å²) in [7, 11) is 0. The monoisotopic (exact) mass is 262 g/mol. The van der Waals surface area contributed by atoms with Gasteiger partial charge in [0.05, 0.1) is 16.9 Å². The molecule has 4 N–H and O–H groups in total. The third kappa shape index (κ3) is 3.19. The molecule has 3 unspecified atom stereocenters. The smallest absolute Gasteiger partial charge is 0.335 e. The highest BCUT2D eigenvalue weighted by Crippen LogP contribution is 2.32. The molecule has 0 aromatic heterocycles. The Labute approximate surface area is 114 Å². The Morgan fingerprint density at radius 3 is 2.63 bits per heavy atom. The van der Waals surface area contributed by atoms with Gasteiger partial charge in [0.2, 0.25) is 0 Å². The van der Waals surface area contributed by atoms with Crippen LogP contribution in [-0.4, -0.2) is 17.1 Å². The summed E-state index contributed by atoms with van der Waals surface area (Å²) in [5, 5.41) is 12.4. The Hall–Kier alpha value is -1.71. The number of anilines is 2. The van der Waals surface area contributed by atoms with Crippen LogP contribution in [0.3, 0.4) is 0 Å². The molecule has 0 radical (unpaired) electrons. The average Bonchev–Trinajstić information content (AvgIpc) is 2.36. The van der Waals surface area contributed by atoms with E-state index in [1.807, 2.05) is 0 Å². The van der Waals surface area contributed by atoms with Crippen LogP contribution in [0.25, 0.3) is 0 Å². The summed E-state index contributed by atoms with van der Waals surface area (Å²) in [6, 6.07) is 5.31. The van der Waals surface area contributed by atoms with Crippen molar-refractivity contribution in [3.05, 3.63) is 23.8 Å². The zero-order chi connectivity index (χ0) is 14.0. The fourth-order valence-electron chi connectivity index (χ4n) is 2.73. The first-order chi connectivity index (χ1) is 8.97. The SMILES string of the molecule is CC1CCC(Nc2ccc(C(=O)O)cc2N)CC1C. The number of rotatable bonds is 3. The first kappa shape index (κ1) is 13.7. The predicted octanol–water partition coefficient (Wildman–Crippen LogP) is 3.20. The average molecular weight is 262 g/mol. The number of hydrogen-bond acceptors (Lipinski definition) is 3. The number of carboxylic acid groups (broad SMARTS) is 1. The lowest BCUT2D eigenvalue weighted by Crippen LogP contribution is -2.30. The highest BCUT2D eigenvalue weighted by atomic mass is 16.4. The molecule has 1 aromatic rings. The van der Waals surface area contributed by atoms with E-state index in [4.69, 9.17) is 10.8 Å². The van der Waals surface area contributed by atoms with Gasteiger partial charge in [-0.1, -0.05) is 13.8 Å². The molecule has 104 valence electrons. The van der Waals surface area contributed by atoms with Gasteiger partial charge >= 0.3 is 5.97 Å². The van der Waals surface area contributed by atoms with Gasteiger partial charge in [0.1, 0.15) is 0 Å². The molecular weight excluding hydrogens is 240 g/mol. The van der Waals surface area contributed by atoms with Crippen molar-refractivity contribution in [2.24, 2.45) is 11.8 Å². The van der Waals surface area contributed by atoms with E-state index in [0.717, 1.165) is 24.4 Å². The van der Waals surface area contributed by atoms with Crippen LogP contribution in [0.15, 0.2) is 18.2 Å². The summed E-state index contributed by atoms with van der Waals surface area (Å²) in [5.74, 6) is 0.550. The lowest BCUT2D eigenvalue weighted by Gasteiger charge is -2.33. The van der Waals surface area contributed by atoms with Crippen LogP contribution in [-0.2, 0) is 0 Å². The van der Waals surface area contributed by atoms with E-state index in [-0.39, 0.29) is 5.56 Å². The van der Waals surface area contributed by atoms with Crippen molar-refractivity contribution in [1.29, 1.82) is 0 Å². The van der Waals surface area contributed by atoms with Gasteiger partial charge in [0.15, 0.2) is 0 Å². The quantitative estimate of drug-likeness (QED) is 0.731. The number of carbonyl (C=O) groups is 1. The van der Waals surface area contributed by atoms with Crippen LogP contribution in [0.2, 0.25) is 0 Å². The molecule has 1 aliphatic carbocycles. The maximum Gasteiger partial charge on any atom is 0.335 e. The zero-order valence-electron chi connectivity index (χ0n) is 11.5. The third-order valence-corrected chi connectivity index (χ3v) is 4.26. The minimum Gasteiger partial charge on any atom is -0.478 e. The number of nitrogens with one attached hydrogen (secondary N) is 1. The summed E-state index contributed by atoms with van der Waals surface area (Å²) < 4.78 is 0. The van der Waals surface area contributed by atoms with Crippen LogP contribution in [0, 0.1) is 11.8 Å². The van der Waals surface area contributed by atoms with Crippen molar-refractivity contribution in [1.82, 2.24) is 0 Å². The second kappa shape index (κ2) is 5.51. The maximum atomic E-state index is 10.9. The molecule has 1 fully saturated rings. The molecule has 19 heavy (non-hydrogen) atoms. The lowest BCUT2D eigenvalue weighted by molar-refractivity contribution is 0.0697. The van der Waals surface area contributed by atoms with Gasteiger partial charge in [-0.3, -0.25) is 0 Å². The number of hydrogen-bond donors (Lipinski definition) is 3. The fourth-order valence-corrected chi connectivity index (χ4v) is 2.73. The van der Waals surface area contributed by atoms with E-state index in [1.165, 1.54) is 12.5 Å². The van der Waals surface area contributed by atoms with Crippen molar-refractivity contribution in [3.8, 4) is 0 Å². The van der Waals surface area contributed by atoms with Crippen LogP contribution in [0.5, 0.6) is 0 Å². The molecule has 4 heteroatoms. The zero-order valence-corrected chi connectivity index (χ0v) is 11.5. The van der Waals surface area contributed by atoms with Crippen LogP contribution in [0.4, 0.5) is 11.4 Å². The number of benzene rings is 1. The Balaban J connectivity index is 2.05. The molecule has 2 rings (SSSR count). The molecule has 0 amide bonds. The Morgan fingerprint density at radius 1 is 1.32 bits per heavy atom. The van der Waals surface area contributed by atoms with E-state index in [0.29, 0.717) is 17.6 Å². The molecule has 0 aliphatic heterocycles. The van der Waals surface area contributed by atoms with E-state index in [9.17, 15) is 4.79 Å². The number of nitrogens with two attached hydrogens (primary N) is 1. The van der Waals surface area contributed by atoms with Gasteiger partial charge in [-0.05, 0) is 49.3 Å². The Bertz CT molecular complexity index is 473. The van der Waals surface area contributed by atoms with Gasteiger partial charge in [-0.2, -0.15) is 0 Å². The van der Waals surface area contributed by atoms with Crippen molar-refractivity contribution >= 4 is 17.3 Å². The highest BCUT2D eigenvalue weighted by molar-refractivity contribution is 5.90. The molecule has 1 aromatic carbocycles. The van der Waals surface area contributed by atoms with Crippen LogP contribution in [0.1, 0.15) is 43.5 Å². The van der Waals surface area contributed by atoms with E-state index in [1.54, 1.807) is 12.1 Å². The summed E-state index contributed by atoms with van der Waals surface area (Å²) in [5.41, 5.74) is 7.49. The molecule has 1 aliphatic rings. The second-order valence-corrected chi connectivity index (χ2v) is 5.72. The first-order valence-corrected chi connectivity index (χ1v) is 6.86. The van der Waals surface area contributed by atoms with Gasteiger partial charge in [0, 0.05) is 6.04 Å². The van der Waals surface area contributed by atoms with Crippen LogP contribution < -0.4 is 11.1 Å². The molecule has 0 spiro atoms. The topological polar surface area (TPSA) is 75.3 Å². The molecule has 3 atom stereocenters. The van der Waals surface area contributed by atoms with Gasteiger partial charge in [-0.15, -0.1) is 0 Å². The van der Waals surface area contributed by atoms with Gasteiger partial charge < -0.3 is 16.2 Å². The maximum absolute atomic E-state index is 10.9. The molecule has 0 heterocycles. The minimum atomic E-state index is -0.946. The molecule has 0 saturated heterocycles. The normalized spacial score (nSPS) is 26.9. The largest absolute Gasteiger partial charge is 0.478 e. The van der Waals surface area contributed by atoms with E-state index < -0.39 is 5.97 Å². The third-order valence-electron chi connectivity index (χ3n) is 4.26. The van der Waals surface area contributed by atoms with E-state index >= 15 is 0 Å². The number of nitrogen functional groups attached to an aromatic ring is 1. The Morgan fingerprint density at radius 2 is 2.05 bits per heavy atom. The fraction of sp³-hybridized carbons (Fsp3) is 0.533. The van der Waals surface area contributed by atoms with Gasteiger partial charge in [-0.25, -0.2) is 4.79 Å². The number of aromatic carboxylic acids is 1. The predicted molar refractivity (Wildman–Crippen MR) is 77.4 cm³/mol. The van der Waals surface area contributed by atoms with E-state index in [2.05, 4.69) is 19.2 Å². The second-order valence-electron chi connectivity index (χ2n) is 5.72. The number of carboxylic acids is 1. The van der Waals surface area contributed by atoms with Gasteiger partial charge in [0.25, 0.3) is 0 Å². The summed E-state index contributed by atoms with van der Waals surface area (Å²) in [4.78, 5) is 10.9. The minimum absolute atomic E-state index is 0.230. The summed E-state index contributed by atoms with van der Waals surface area (Å²) in [6.07, 6.45) is 3.51.